The third-order valence-electron chi connectivity index (χ3n) is 5.90. The summed E-state index contributed by atoms with van der Waals surface area (Å²) in [5.74, 6) is -1.81. The largest absolute Gasteiger partial charge is 0.463 e. The summed E-state index contributed by atoms with van der Waals surface area (Å²) in [6.07, 6.45) is 2.15. The molecule has 1 aliphatic carbocycles. The van der Waals surface area contributed by atoms with Gasteiger partial charge in [0.25, 0.3) is 0 Å². The van der Waals surface area contributed by atoms with E-state index in [1.54, 1.807) is 6.92 Å². The van der Waals surface area contributed by atoms with E-state index in [-0.39, 0.29) is 24.4 Å². The van der Waals surface area contributed by atoms with Crippen molar-refractivity contribution in [3.8, 4) is 0 Å². The Balaban J connectivity index is 1.63. The van der Waals surface area contributed by atoms with E-state index >= 15 is 0 Å². The molecular weight excluding hydrogens is 422 g/mol. The molecule has 0 amide bonds. The minimum Gasteiger partial charge on any atom is -0.463 e. The lowest BCUT2D eigenvalue weighted by Gasteiger charge is -2.34. The fourth-order valence-electron chi connectivity index (χ4n) is 4.43. The van der Waals surface area contributed by atoms with Crippen LogP contribution in [0.25, 0.3) is 0 Å². The molecule has 8 nitrogen and oxygen atoms in total. The number of morpholine rings is 1. The van der Waals surface area contributed by atoms with Crippen LogP contribution in [0, 0.1) is 0 Å². The smallest absolute Gasteiger partial charge is 0.335 e. The number of anilines is 1. The highest BCUT2D eigenvalue weighted by molar-refractivity contribution is 7.91. The molecule has 1 atom stereocenters. The molecule has 2 fully saturated rings. The van der Waals surface area contributed by atoms with Gasteiger partial charge in [-0.05, 0) is 31.1 Å². The summed E-state index contributed by atoms with van der Waals surface area (Å²) in [5, 5.41) is -0.956. The molecule has 4 rings (SSSR count). The molecule has 1 unspecified atom stereocenters. The Kier molecular flexibility index (Phi) is 6.66. The number of nitrogens with zero attached hydrogens (tertiary/aromatic N) is 1. The van der Waals surface area contributed by atoms with Crippen molar-refractivity contribution in [3.05, 3.63) is 41.5 Å². The van der Waals surface area contributed by atoms with Crippen molar-refractivity contribution in [2.24, 2.45) is 0 Å². The monoisotopic (exact) mass is 451 g/mol. The van der Waals surface area contributed by atoms with Crippen LogP contribution in [0.15, 0.2) is 35.9 Å². The predicted octanol–water partition coefficient (Wildman–Crippen LogP) is 1.83. The Morgan fingerprint density at radius 1 is 1.16 bits per heavy atom. The number of carbonyl (C=O) groups excluding carboxylic acids is 1. The van der Waals surface area contributed by atoms with E-state index in [1.165, 1.54) is 6.08 Å². The molecule has 0 N–H and O–H groups in total. The van der Waals surface area contributed by atoms with Crippen LogP contribution in [-0.4, -0.2) is 71.5 Å². The number of hydrogen-bond donors (Lipinski definition) is 0. The van der Waals surface area contributed by atoms with Gasteiger partial charge in [-0.2, -0.15) is 0 Å². The standard InChI is InChI=1S/C22H29NO7S/c1-2-28-21(24)18-15-22(29-13-14-30-22)8-7-20(18)31(25,26)16-17-5-3-4-6-19(17)23-9-11-27-12-10-23/h3-6,15,20H,2,7-14,16H2,1H3. The van der Waals surface area contributed by atoms with Crippen LogP contribution in [0.2, 0.25) is 0 Å². The van der Waals surface area contributed by atoms with Gasteiger partial charge in [-0.3, -0.25) is 0 Å². The van der Waals surface area contributed by atoms with E-state index in [9.17, 15) is 13.2 Å². The fourth-order valence-corrected chi connectivity index (χ4v) is 6.34. The van der Waals surface area contributed by atoms with E-state index in [0.717, 1.165) is 11.3 Å². The van der Waals surface area contributed by atoms with Crippen LogP contribution < -0.4 is 4.90 Å². The zero-order valence-corrected chi connectivity index (χ0v) is 18.6. The van der Waals surface area contributed by atoms with Gasteiger partial charge in [0, 0.05) is 25.2 Å². The van der Waals surface area contributed by atoms with Crippen molar-refractivity contribution in [2.45, 2.75) is 36.6 Å². The Bertz CT molecular complexity index is 931. The minimum absolute atomic E-state index is 0.110. The lowest BCUT2D eigenvalue weighted by atomic mass is 9.94. The molecule has 2 aliphatic heterocycles. The van der Waals surface area contributed by atoms with Crippen LogP contribution in [0.3, 0.4) is 0 Å². The number of carbonyl (C=O) groups is 1. The van der Waals surface area contributed by atoms with Crippen LogP contribution in [0.5, 0.6) is 0 Å². The molecule has 0 aromatic heterocycles. The molecule has 2 saturated heterocycles. The molecule has 0 saturated carbocycles. The Morgan fingerprint density at radius 2 is 1.87 bits per heavy atom. The van der Waals surface area contributed by atoms with E-state index in [0.29, 0.717) is 45.9 Å². The summed E-state index contributed by atoms with van der Waals surface area (Å²) < 4.78 is 49.1. The lowest BCUT2D eigenvalue weighted by Crippen LogP contribution is -2.41. The first-order valence-corrected chi connectivity index (χ1v) is 12.5. The summed E-state index contributed by atoms with van der Waals surface area (Å²) >= 11 is 0. The molecule has 0 bridgehead atoms. The van der Waals surface area contributed by atoms with Crippen molar-refractivity contribution in [1.29, 1.82) is 0 Å². The maximum absolute atomic E-state index is 13.5. The summed E-state index contributed by atoms with van der Waals surface area (Å²) in [5.41, 5.74) is 1.73. The van der Waals surface area contributed by atoms with Crippen LogP contribution >= 0.6 is 0 Å². The van der Waals surface area contributed by atoms with Gasteiger partial charge in [-0.1, -0.05) is 18.2 Å². The van der Waals surface area contributed by atoms with Gasteiger partial charge in [-0.15, -0.1) is 0 Å². The Morgan fingerprint density at radius 3 is 2.58 bits per heavy atom. The normalized spacial score (nSPS) is 23.6. The molecule has 170 valence electrons. The highest BCUT2D eigenvalue weighted by Crippen LogP contribution is 2.38. The van der Waals surface area contributed by atoms with Crippen molar-refractivity contribution in [3.63, 3.8) is 0 Å². The summed E-state index contributed by atoms with van der Waals surface area (Å²) in [6.45, 7) is 5.34. The first-order valence-electron chi connectivity index (χ1n) is 10.7. The van der Waals surface area contributed by atoms with Crippen molar-refractivity contribution >= 4 is 21.5 Å². The maximum atomic E-state index is 13.5. The zero-order valence-electron chi connectivity index (χ0n) is 17.7. The van der Waals surface area contributed by atoms with Crippen molar-refractivity contribution in [1.82, 2.24) is 0 Å². The summed E-state index contributed by atoms with van der Waals surface area (Å²) in [4.78, 5) is 14.8. The minimum atomic E-state index is -3.69. The number of rotatable bonds is 6. The lowest BCUT2D eigenvalue weighted by molar-refractivity contribution is -0.143. The third-order valence-corrected chi connectivity index (χ3v) is 7.97. The highest BCUT2D eigenvalue weighted by Gasteiger charge is 2.46. The Labute approximate surface area is 183 Å². The average Bonchev–Trinajstić information content (AvgIpc) is 3.22. The van der Waals surface area contributed by atoms with E-state index < -0.39 is 26.8 Å². The maximum Gasteiger partial charge on any atom is 0.335 e. The molecule has 1 spiro atoms. The molecule has 31 heavy (non-hydrogen) atoms. The highest BCUT2D eigenvalue weighted by atomic mass is 32.2. The third kappa shape index (κ3) is 4.79. The molecule has 0 radical (unpaired) electrons. The number of para-hydroxylation sites is 1. The van der Waals surface area contributed by atoms with Gasteiger partial charge in [0.15, 0.2) is 15.6 Å². The molecule has 3 aliphatic rings. The number of esters is 1. The zero-order chi connectivity index (χ0) is 21.9. The second-order valence-corrected chi connectivity index (χ2v) is 10.1. The fraction of sp³-hybridized carbons (Fsp3) is 0.591. The van der Waals surface area contributed by atoms with Gasteiger partial charge in [0.1, 0.15) is 0 Å². The van der Waals surface area contributed by atoms with Gasteiger partial charge in [0.2, 0.25) is 0 Å². The van der Waals surface area contributed by atoms with E-state index in [4.69, 9.17) is 18.9 Å². The quantitative estimate of drug-likeness (QED) is 0.605. The second-order valence-electron chi connectivity index (χ2n) is 7.89. The molecule has 1 aromatic rings. The number of ether oxygens (including phenoxy) is 4. The van der Waals surface area contributed by atoms with Crippen molar-refractivity contribution in [2.75, 3.05) is 51.0 Å². The second kappa shape index (κ2) is 9.28. The predicted molar refractivity (Wildman–Crippen MR) is 114 cm³/mol. The average molecular weight is 452 g/mol. The van der Waals surface area contributed by atoms with Crippen LogP contribution in [-0.2, 0) is 39.3 Å². The number of sulfone groups is 1. The van der Waals surface area contributed by atoms with Crippen molar-refractivity contribution < 1.29 is 32.2 Å². The van der Waals surface area contributed by atoms with E-state index in [2.05, 4.69) is 4.90 Å². The van der Waals surface area contributed by atoms with Crippen LogP contribution in [0.4, 0.5) is 5.69 Å². The van der Waals surface area contributed by atoms with Gasteiger partial charge < -0.3 is 23.8 Å². The first kappa shape index (κ1) is 22.3. The van der Waals surface area contributed by atoms with Gasteiger partial charge in [0.05, 0.1) is 49.6 Å². The molecule has 9 heteroatoms. The molecule has 1 aromatic carbocycles. The number of benzene rings is 1. The number of hydrogen-bond acceptors (Lipinski definition) is 8. The summed E-state index contributed by atoms with van der Waals surface area (Å²) in [6, 6.07) is 7.52. The van der Waals surface area contributed by atoms with Gasteiger partial charge >= 0.3 is 5.97 Å². The van der Waals surface area contributed by atoms with Gasteiger partial charge in [-0.25, -0.2) is 13.2 Å². The SMILES string of the molecule is CCOC(=O)C1=CC2(CCC1S(=O)(=O)Cc1ccccc1N1CCOCC1)OCCO2. The molecular formula is C22H29NO7S. The summed E-state index contributed by atoms with van der Waals surface area (Å²) in [7, 11) is -3.69. The topological polar surface area (TPSA) is 91.4 Å². The van der Waals surface area contributed by atoms with Crippen LogP contribution in [0.1, 0.15) is 25.3 Å². The Hall–Kier alpha value is -1.94. The first-order chi connectivity index (χ1) is 14.9. The van der Waals surface area contributed by atoms with E-state index in [1.807, 2.05) is 24.3 Å². The molecule has 2 heterocycles.